The van der Waals surface area contributed by atoms with Gasteiger partial charge in [-0.1, -0.05) is 6.07 Å². The van der Waals surface area contributed by atoms with Gasteiger partial charge < -0.3 is 9.32 Å². The van der Waals surface area contributed by atoms with Crippen LogP contribution in [0.3, 0.4) is 0 Å². The molecular weight excluding hydrogens is 389 g/mol. The standard InChI is InChI=1S/C22H20FN3O2S/c1-25-21(13-20(24-25)17-4-6-18(23)7-5-17)22(27)26(14-16-9-11-28-15-16)10-8-19-3-2-12-29-19/h2-7,9,11-13,15H,8,10,14H2,1H3. The van der Waals surface area contributed by atoms with E-state index in [1.165, 1.54) is 17.0 Å². The Labute approximate surface area is 172 Å². The first-order chi connectivity index (χ1) is 14.1. The summed E-state index contributed by atoms with van der Waals surface area (Å²) in [6.45, 7) is 1.04. The Morgan fingerprint density at radius 1 is 1.24 bits per heavy atom. The van der Waals surface area contributed by atoms with E-state index in [1.54, 1.807) is 58.7 Å². The lowest BCUT2D eigenvalue weighted by Crippen LogP contribution is -2.33. The number of amides is 1. The van der Waals surface area contributed by atoms with Crippen LogP contribution in [0.5, 0.6) is 0 Å². The molecule has 0 saturated heterocycles. The van der Waals surface area contributed by atoms with Crippen molar-refractivity contribution in [2.24, 2.45) is 7.05 Å². The van der Waals surface area contributed by atoms with E-state index >= 15 is 0 Å². The van der Waals surface area contributed by atoms with Gasteiger partial charge in [0.15, 0.2) is 0 Å². The summed E-state index contributed by atoms with van der Waals surface area (Å²) in [5, 5.41) is 6.49. The van der Waals surface area contributed by atoms with Gasteiger partial charge in [-0.15, -0.1) is 11.3 Å². The lowest BCUT2D eigenvalue weighted by atomic mass is 10.1. The van der Waals surface area contributed by atoms with Crippen molar-refractivity contribution in [3.63, 3.8) is 0 Å². The Morgan fingerprint density at radius 2 is 2.07 bits per heavy atom. The van der Waals surface area contributed by atoms with Gasteiger partial charge in [-0.05, 0) is 54.3 Å². The van der Waals surface area contributed by atoms with E-state index in [0.717, 1.165) is 17.5 Å². The van der Waals surface area contributed by atoms with Crippen molar-refractivity contribution in [1.82, 2.24) is 14.7 Å². The minimum Gasteiger partial charge on any atom is -0.472 e. The first kappa shape index (κ1) is 19.1. The predicted octanol–water partition coefficient (Wildman–Crippen LogP) is 4.77. The fourth-order valence-corrected chi connectivity index (χ4v) is 3.84. The fourth-order valence-electron chi connectivity index (χ4n) is 3.15. The average molecular weight is 409 g/mol. The number of rotatable bonds is 7. The molecule has 0 unspecified atom stereocenters. The zero-order valence-corrected chi connectivity index (χ0v) is 16.7. The molecule has 0 N–H and O–H groups in total. The fraction of sp³-hybridized carbons (Fsp3) is 0.182. The number of carbonyl (C=O) groups is 1. The highest BCUT2D eigenvalue weighted by Gasteiger charge is 2.21. The minimum absolute atomic E-state index is 0.105. The van der Waals surface area contributed by atoms with Crippen LogP contribution in [0, 0.1) is 5.82 Å². The monoisotopic (exact) mass is 409 g/mol. The molecule has 148 valence electrons. The molecule has 0 atom stereocenters. The number of nitrogens with zero attached hydrogens (tertiary/aromatic N) is 3. The van der Waals surface area contributed by atoms with Crippen LogP contribution >= 0.6 is 11.3 Å². The summed E-state index contributed by atoms with van der Waals surface area (Å²) in [5.41, 5.74) is 2.82. The lowest BCUT2D eigenvalue weighted by Gasteiger charge is -2.22. The molecule has 0 aliphatic carbocycles. The molecule has 1 amide bonds. The number of aryl methyl sites for hydroxylation is 1. The van der Waals surface area contributed by atoms with E-state index in [0.29, 0.717) is 24.5 Å². The summed E-state index contributed by atoms with van der Waals surface area (Å²) in [4.78, 5) is 16.4. The first-order valence-electron chi connectivity index (χ1n) is 9.23. The number of halogens is 1. The Hall–Kier alpha value is -3.19. The predicted molar refractivity (Wildman–Crippen MR) is 110 cm³/mol. The molecule has 0 spiro atoms. The van der Waals surface area contributed by atoms with Crippen molar-refractivity contribution >= 4 is 17.2 Å². The zero-order chi connectivity index (χ0) is 20.2. The average Bonchev–Trinajstić information content (AvgIpc) is 3.47. The van der Waals surface area contributed by atoms with Crippen LogP contribution in [0.25, 0.3) is 11.3 Å². The van der Waals surface area contributed by atoms with Crippen molar-refractivity contribution in [2.45, 2.75) is 13.0 Å². The molecule has 0 fully saturated rings. The van der Waals surface area contributed by atoms with E-state index in [9.17, 15) is 9.18 Å². The minimum atomic E-state index is -0.305. The number of aromatic nitrogens is 2. The zero-order valence-electron chi connectivity index (χ0n) is 15.9. The number of thiophene rings is 1. The summed E-state index contributed by atoms with van der Waals surface area (Å²) < 4.78 is 19.9. The normalized spacial score (nSPS) is 11.0. The quantitative estimate of drug-likeness (QED) is 0.442. The molecule has 7 heteroatoms. The molecule has 5 nitrogen and oxygen atoms in total. The van der Waals surface area contributed by atoms with E-state index in [1.807, 2.05) is 17.5 Å². The summed E-state index contributed by atoms with van der Waals surface area (Å²) in [7, 11) is 1.75. The third-order valence-corrected chi connectivity index (χ3v) is 5.62. The van der Waals surface area contributed by atoms with Gasteiger partial charge in [0.05, 0.1) is 18.2 Å². The Morgan fingerprint density at radius 3 is 2.76 bits per heavy atom. The van der Waals surface area contributed by atoms with Crippen molar-refractivity contribution in [1.29, 1.82) is 0 Å². The highest BCUT2D eigenvalue weighted by Crippen LogP contribution is 2.21. The van der Waals surface area contributed by atoms with Gasteiger partial charge >= 0.3 is 0 Å². The van der Waals surface area contributed by atoms with Crippen LogP contribution in [0.4, 0.5) is 4.39 Å². The molecule has 0 radical (unpaired) electrons. The Kier molecular flexibility index (Phi) is 5.57. The molecule has 0 aliphatic heterocycles. The maximum atomic E-state index is 13.3. The molecular formula is C22H20FN3O2S. The number of carbonyl (C=O) groups excluding carboxylic acids is 1. The van der Waals surface area contributed by atoms with Crippen LogP contribution < -0.4 is 0 Å². The topological polar surface area (TPSA) is 51.3 Å². The van der Waals surface area contributed by atoms with Crippen LogP contribution in [0.1, 0.15) is 20.9 Å². The first-order valence-corrected chi connectivity index (χ1v) is 10.1. The highest BCUT2D eigenvalue weighted by atomic mass is 32.1. The van der Waals surface area contributed by atoms with Crippen molar-refractivity contribution < 1.29 is 13.6 Å². The molecule has 29 heavy (non-hydrogen) atoms. The molecule has 3 aromatic heterocycles. The lowest BCUT2D eigenvalue weighted by molar-refractivity contribution is 0.0734. The van der Waals surface area contributed by atoms with Crippen LogP contribution in [0.2, 0.25) is 0 Å². The number of hydrogen-bond donors (Lipinski definition) is 0. The molecule has 4 rings (SSSR count). The number of benzene rings is 1. The van der Waals surface area contributed by atoms with E-state index in [-0.39, 0.29) is 11.7 Å². The second kappa shape index (κ2) is 8.45. The van der Waals surface area contributed by atoms with Gasteiger partial charge in [0.1, 0.15) is 11.5 Å². The third kappa shape index (κ3) is 4.46. The Balaban J connectivity index is 1.58. The van der Waals surface area contributed by atoms with Gasteiger partial charge in [0.25, 0.3) is 5.91 Å². The van der Waals surface area contributed by atoms with Crippen molar-refractivity contribution in [2.75, 3.05) is 6.54 Å². The molecule has 0 saturated carbocycles. The smallest absolute Gasteiger partial charge is 0.272 e. The highest BCUT2D eigenvalue weighted by molar-refractivity contribution is 7.09. The maximum Gasteiger partial charge on any atom is 0.272 e. The second-order valence-electron chi connectivity index (χ2n) is 6.73. The largest absolute Gasteiger partial charge is 0.472 e. The van der Waals surface area contributed by atoms with Crippen molar-refractivity contribution in [3.8, 4) is 11.3 Å². The van der Waals surface area contributed by atoms with Crippen LogP contribution in [-0.2, 0) is 20.0 Å². The van der Waals surface area contributed by atoms with E-state index in [2.05, 4.69) is 11.2 Å². The summed E-state index contributed by atoms with van der Waals surface area (Å²) >= 11 is 1.68. The summed E-state index contributed by atoms with van der Waals surface area (Å²) in [6.07, 6.45) is 4.04. The third-order valence-electron chi connectivity index (χ3n) is 4.69. The summed E-state index contributed by atoms with van der Waals surface area (Å²) in [5.74, 6) is -0.410. The molecule has 4 aromatic rings. The number of furan rings is 1. The van der Waals surface area contributed by atoms with Gasteiger partial charge in [-0.25, -0.2) is 4.39 Å². The van der Waals surface area contributed by atoms with E-state index < -0.39 is 0 Å². The molecule has 0 bridgehead atoms. The van der Waals surface area contributed by atoms with Crippen LogP contribution in [-0.4, -0.2) is 27.1 Å². The summed E-state index contributed by atoms with van der Waals surface area (Å²) in [6, 6.07) is 13.8. The van der Waals surface area contributed by atoms with Gasteiger partial charge in [-0.2, -0.15) is 5.10 Å². The molecule has 0 aliphatic rings. The molecule has 1 aromatic carbocycles. The second-order valence-corrected chi connectivity index (χ2v) is 7.77. The van der Waals surface area contributed by atoms with Gasteiger partial charge in [-0.3, -0.25) is 9.48 Å². The SMILES string of the molecule is Cn1nc(-c2ccc(F)cc2)cc1C(=O)N(CCc1cccs1)Cc1ccoc1. The van der Waals surface area contributed by atoms with E-state index in [4.69, 9.17) is 4.42 Å². The van der Waals surface area contributed by atoms with Crippen molar-refractivity contribution in [3.05, 3.63) is 88.4 Å². The van der Waals surface area contributed by atoms with Gasteiger partial charge in [0.2, 0.25) is 0 Å². The van der Waals surface area contributed by atoms with Crippen LogP contribution in [0.15, 0.2) is 70.9 Å². The molecule has 3 heterocycles. The maximum absolute atomic E-state index is 13.3. The Bertz CT molecular complexity index is 1070. The number of hydrogen-bond acceptors (Lipinski definition) is 4. The van der Waals surface area contributed by atoms with Gasteiger partial charge in [0, 0.05) is 36.1 Å².